The molecule has 19 heavy (non-hydrogen) atoms. The van der Waals surface area contributed by atoms with Crippen molar-refractivity contribution >= 4 is 18.2 Å². The maximum Gasteiger partial charge on any atom is 0.312 e. The van der Waals surface area contributed by atoms with Gasteiger partial charge in [-0.05, 0) is 27.7 Å². The SMILES string of the molecule is CCN(C(=O)C(=O)N1CCN(C=O)CC1)C(C)(C)C. The quantitative estimate of drug-likeness (QED) is 0.521. The molecule has 0 aromatic carbocycles. The number of hydrogen-bond acceptors (Lipinski definition) is 3. The Bertz CT molecular complexity index is 355. The van der Waals surface area contributed by atoms with E-state index in [1.807, 2.05) is 27.7 Å². The molecular formula is C13H23N3O3. The number of hydrogen-bond donors (Lipinski definition) is 0. The van der Waals surface area contributed by atoms with Crippen molar-refractivity contribution in [1.82, 2.24) is 14.7 Å². The van der Waals surface area contributed by atoms with Crippen molar-refractivity contribution in [3.8, 4) is 0 Å². The molecule has 0 aromatic heterocycles. The number of piperazine rings is 1. The molecular weight excluding hydrogens is 246 g/mol. The van der Waals surface area contributed by atoms with E-state index in [1.54, 1.807) is 9.80 Å². The summed E-state index contributed by atoms with van der Waals surface area (Å²) in [6.45, 7) is 9.91. The predicted molar refractivity (Wildman–Crippen MR) is 71.4 cm³/mol. The molecule has 3 amide bonds. The van der Waals surface area contributed by atoms with Gasteiger partial charge in [0.2, 0.25) is 6.41 Å². The Balaban J connectivity index is 2.67. The fraction of sp³-hybridized carbons (Fsp3) is 0.769. The van der Waals surface area contributed by atoms with Crippen LogP contribution in [-0.4, -0.2) is 71.2 Å². The van der Waals surface area contributed by atoms with Crippen LogP contribution in [0.4, 0.5) is 0 Å². The third kappa shape index (κ3) is 3.68. The van der Waals surface area contributed by atoms with Gasteiger partial charge in [0.1, 0.15) is 0 Å². The number of nitrogens with zero attached hydrogens (tertiary/aromatic N) is 3. The van der Waals surface area contributed by atoms with Crippen LogP contribution in [0.3, 0.4) is 0 Å². The Morgan fingerprint density at radius 1 is 1.16 bits per heavy atom. The lowest BCUT2D eigenvalue weighted by atomic mass is 10.1. The summed E-state index contributed by atoms with van der Waals surface area (Å²) in [4.78, 5) is 39.7. The third-order valence-electron chi connectivity index (χ3n) is 3.30. The summed E-state index contributed by atoms with van der Waals surface area (Å²) in [5.74, 6) is -0.933. The molecule has 0 spiro atoms. The number of amides is 3. The number of carbonyl (C=O) groups excluding carboxylic acids is 3. The van der Waals surface area contributed by atoms with E-state index >= 15 is 0 Å². The minimum Gasteiger partial charge on any atom is -0.342 e. The molecule has 1 rings (SSSR count). The van der Waals surface area contributed by atoms with Gasteiger partial charge in [-0.15, -0.1) is 0 Å². The average molecular weight is 269 g/mol. The van der Waals surface area contributed by atoms with Gasteiger partial charge in [0, 0.05) is 38.3 Å². The van der Waals surface area contributed by atoms with Gasteiger partial charge in [-0.25, -0.2) is 0 Å². The lowest BCUT2D eigenvalue weighted by Crippen LogP contribution is -2.56. The standard InChI is InChI=1S/C13H23N3O3/c1-5-16(13(2,3)4)12(19)11(18)15-8-6-14(10-17)7-9-15/h10H,5-9H2,1-4H3. The third-order valence-corrected chi connectivity index (χ3v) is 3.30. The van der Waals surface area contributed by atoms with Gasteiger partial charge in [0.05, 0.1) is 0 Å². The molecule has 6 nitrogen and oxygen atoms in total. The first-order chi connectivity index (χ1) is 8.81. The van der Waals surface area contributed by atoms with Crippen LogP contribution >= 0.6 is 0 Å². The van der Waals surface area contributed by atoms with Gasteiger partial charge < -0.3 is 14.7 Å². The zero-order valence-corrected chi connectivity index (χ0v) is 12.2. The summed E-state index contributed by atoms with van der Waals surface area (Å²) < 4.78 is 0. The number of likely N-dealkylation sites (N-methyl/N-ethyl adjacent to an activating group) is 1. The van der Waals surface area contributed by atoms with E-state index in [-0.39, 0.29) is 5.54 Å². The highest BCUT2D eigenvalue weighted by molar-refractivity contribution is 6.35. The van der Waals surface area contributed by atoms with Crippen molar-refractivity contribution in [1.29, 1.82) is 0 Å². The molecule has 0 unspecified atom stereocenters. The summed E-state index contributed by atoms with van der Waals surface area (Å²) in [5.41, 5.74) is -0.369. The summed E-state index contributed by atoms with van der Waals surface area (Å²) in [6.07, 6.45) is 0.775. The van der Waals surface area contributed by atoms with Crippen LogP contribution in [-0.2, 0) is 14.4 Å². The molecule has 0 radical (unpaired) electrons. The van der Waals surface area contributed by atoms with Crippen molar-refractivity contribution in [3.63, 3.8) is 0 Å². The van der Waals surface area contributed by atoms with Crippen LogP contribution in [0.25, 0.3) is 0 Å². The van der Waals surface area contributed by atoms with Gasteiger partial charge in [0.25, 0.3) is 0 Å². The van der Waals surface area contributed by atoms with E-state index in [0.29, 0.717) is 32.7 Å². The fourth-order valence-electron chi connectivity index (χ4n) is 2.20. The highest BCUT2D eigenvalue weighted by atomic mass is 16.2. The molecule has 6 heteroatoms. The smallest absolute Gasteiger partial charge is 0.312 e. The highest BCUT2D eigenvalue weighted by Gasteiger charge is 2.33. The van der Waals surface area contributed by atoms with Gasteiger partial charge in [-0.3, -0.25) is 14.4 Å². The lowest BCUT2D eigenvalue weighted by Gasteiger charge is -2.37. The van der Waals surface area contributed by atoms with E-state index in [4.69, 9.17) is 0 Å². The molecule has 0 atom stereocenters. The van der Waals surface area contributed by atoms with Crippen LogP contribution < -0.4 is 0 Å². The second-order valence-corrected chi connectivity index (χ2v) is 5.65. The average Bonchev–Trinajstić information content (AvgIpc) is 2.37. The lowest BCUT2D eigenvalue weighted by molar-refractivity contribution is -0.155. The fourth-order valence-corrected chi connectivity index (χ4v) is 2.20. The van der Waals surface area contributed by atoms with Gasteiger partial charge in [-0.2, -0.15) is 0 Å². The van der Waals surface area contributed by atoms with E-state index in [9.17, 15) is 14.4 Å². The van der Waals surface area contributed by atoms with Gasteiger partial charge >= 0.3 is 11.8 Å². The molecule has 0 N–H and O–H groups in total. The van der Waals surface area contributed by atoms with Crippen molar-refractivity contribution in [2.24, 2.45) is 0 Å². The minimum absolute atomic E-state index is 0.369. The molecule has 0 bridgehead atoms. The predicted octanol–water partition coefficient (Wildman–Crippen LogP) is -0.0660. The van der Waals surface area contributed by atoms with Crippen LogP contribution in [0.15, 0.2) is 0 Å². The zero-order chi connectivity index (χ0) is 14.6. The van der Waals surface area contributed by atoms with Crippen LogP contribution in [0, 0.1) is 0 Å². The van der Waals surface area contributed by atoms with Crippen molar-refractivity contribution in [2.45, 2.75) is 33.2 Å². The normalized spacial score (nSPS) is 16.2. The van der Waals surface area contributed by atoms with Crippen LogP contribution in [0.2, 0.25) is 0 Å². The minimum atomic E-state index is -0.470. The number of rotatable bonds is 2. The molecule has 1 saturated heterocycles. The second kappa shape index (κ2) is 6.04. The molecule has 0 aromatic rings. The summed E-state index contributed by atoms with van der Waals surface area (Å²) in [7, 11) is 0. The van der Waals surface area contributed by atoms with E-state index < -0.39 is 11.8 Å². The maximum atomic E-state index is 12.2. The molecule has 0 aliphatic carbocycles. The van der Waals surface area contributed by atoms with Crippen molar-refractivity contribution in [2.75, 3.05) is 32.7 Å². The molecule has 1 fully saturated rings. The Hall–Kier alpha value is -1.59. The first-order valence-electron chi connectivity index (χ1n) is 6.61. The Morgan fingerprint density at radius 2 is 1.68 bits per heavy atom. The van der Waals surface area contributed by atoms with Crippen LogP contribution in [0.1, 0.15) is 27.7 Å². The Morgan fingerprint density at radius 3 is 2.05 bits per heavy atom. The first kappa shape index (κ1) is 15.5. The summed E-state index contributed by atoms with van der Waals surface area (Å²) >= 11 is 0. The number of carbonyl (C=O) groups is 3. The maximum absolute atomic E-state index is 12.2. The second-order valence-electron chi connectivity index (χ2n) is 5.65. The monoisotopic (exact) mass is 269 g/mol. The molecule has 1 aliphatic rings. The first-order valence-corrected chi connectivity index (χ1v) is 6.61. The van der Waals surface area contributed by atoms with E-state index in [1.165, 1.54) is 4.90 Å². The zero-order valence-electron chi connectivity index (χ0n) is 12.2. The molecule has 1 heterocycles. The highest BCUT2D eigenvalue weighted by Crippen LogP contribution is 2.14. The Labute approximate surface area is 114 Å². The summed E-state index contributed by atoms with van der Waals surface area (Å²) in [5, 5.41) is 0. The van der Waals surface area contributed by atoms with E-state index in [0.717, 1.165) is 6.41 Å². The topological polar surface area (TPSA) is 60.9 Å². The van der Waals surface area contributed by atoms with Crippen molar-refractivity contribution in [3.05, 3.63) is 0 Å². The summed E-state index contributed by atoms with van der Waals surface area (Å²) in [6, 6.07) is 0. The largest absolute Gasteiger partial charge is 0.342 e. The molecule has 0 saturated carbocycles. The van der Waals surface area contributed by atoms with Crippen molar-refractivity contribution < 1.29 is 14.4 Å². The Kier molecular flexibility index (Phi) is 4.91. The van der Waals surface area contributed by atoms with Gasteiger partial charge in [-0.1, -0.05) is 0 Å². The molecule has 1 aliphatic heterocycles. The molecule has 108 valence electrons. The van der Waals surface area contributed by atoms with Crippen LogP contribution in [0.5, 0.6) is 0 Å². The van der Waals surface area contributed by atoms with Gasteiger partial charge in [0.15, 0.2) is 0 Å². The van der Waals surface area contributed by atoms with E-state index in [2.05, 4.69) is 0 Å².